The van der Waals surface area contributed by atoms with E-state index < -0.39 is 23.4 Å². The number of ketones is 2. The zero-order valence-electron chi connectivity index (χ0n) is 18.9. The molecule has 0 amide bonds. The van der Waals surface area contributed by atoms with Crippen LogP contribution < -0.4 is 0 Å². The van der Waals surface area contributed by atoms with Crippen LogP contribution in [0.15, 0.2) is 0 Å². The van der Waals surface area contributed by atoms with Gasteiger partial charge in [0.2, 0.25) is 0 Å². The fraction of sp³-hybridized carbons (Fsp3) is 0.917. The van der Waals surface area contributed by atoms with Gasteiger partial charge in [-0.05, 0) is 82.0 Å². The van der Waals surface area contributed by atoms with E-state index in [1.165, 1.54) is 0 Å². The van der Waals surface area contributed by atoms with Crippen LogP contribution in [0.25, 0.3) is 0 Å². The van der Waals surface area contributed by atoms with Crippen molar-refractivity contribution in [3.05, 3.63) is 0 Å². The predicted molar refractivity (Wildman–Crippen MR) is 113 cm³/mol. The summed E-state index contributed by atoms with van der Waals surface area (Å²) in [4.78, 5) is 25.7. The molecule has 30 heavy (non-hydrogen) atoms. The Balaban J connectivity index is 0.000000589. The topological polar surface area (TPSA) is 115 Å². The largest absolute Gasteiger partial charge is 0.394 e. The summed E-state index contributed by atoms with van der Waals surface area (Å²) in [6.45, 7) is 6.91. The summed E-state index contributed by atoms with van der Waals surface area (Å²) in [5.74, 6) is 0.380. The van der Waals surface area contributed by atoms with E-state index in [2.05, 4.69) is 6.92 Å². The van der Waals surface area contributed by atoms with E-state index in [9.17, 15) is 24.9 Å². The van der Waals surface area contributed by atoms with Gasteiger partial charge in [0.25, 0.3) is 0 Å². The van der Waals surface area contributed by atoms with E-state index in [4.69, 9.17) is 5.11 Å². The summed E-state index contributed by atoms with van der Waals surface area (Å²) in [6.07, 6.45) is 5.31. The van der Waals surface area contributed by atoms with Gasteiger partial charge >= 0.3 is 0 Å². The first-order valence-corrected chi connectivity index (χ1v) is 11.7. The summed E-state index contributed by atoms with van der Waals surface area (Å²) in [6, 6.07) is 0. The smallest absolute Gasteiger partial charge is 0.190 e. The van der Waals surface area contributed by atoms with Gasteiger partial charge in [-0.1, -0.05) is 13.8 Å². The normalized spacial score (nSPS) is 47.6. The Hall–Kier alpha value is -0.820. The van der Waals surface area contributed by atoms with Crippen molar-refractivity contribution in [3.63, 3.8) is 0 Å². The van der Waals surface area contributed by atoms with Gasteiger partial charge in [0.15, 0.2) is 5.78 Å². The average molecular weight is 425 g/mol. The number of carbonyl (C=O) groups is 2. The van der Waals surface area contributed by atoms with Crippen LogP contribution >= 0.6 is 0 Å². The number of fused-ring (bicyclic) bond motifs is 5. The Morgan fingerprint density at radius 1 is 1.13 bits per heavy atom. The second-order valence-corrected chi connectivity index (χ2v) is 11.1. The summed E-state index contributed by atoms with van der Waals surface area (Å²) in [5.41, 5.74) is -2.40. The second kappa shape index (κ2) is 8.27. The molecule has 0 bridgehead atoms. The van der Waals surface area contributed by atoms with Gasteiger partial charge in [-0.2, -0.15) is 0 Å². The number of aliphatic hydroxyl groups excluding tert-OH is 3. The number of hydrogen-bond donors (Lipinski definition) is 4. The van der Waals surface area contributed by atoms with E-state index in [-0.39, 0.29) is 47.6 Å². The first kappa shape index (κ1) is 23.8. The standard InChI is InChI=1S/C21H32O5.C3H8O/c1-19-7-5-13(23)9-12(19)3-4-14-15-6-8-21(26,17(25)11-22)20(15,2)10-16(24)18(14)19;1-3(2)4/h12-15,18,22-23,26H,3-11H2,1-2H3;3-4H,1-2H3/t12-,13-,14+,15+,18-,19+,20+,21+;/m1./s1. The van der Waals surface area contributed by atoms with Gasteiger partial charge in [0, 0.05) is 23.9 Å². The van der Waals surface area contributed by atoms with Crippen molar-refractivity contribution in [2.45, 2.75) is 96.9 Å². The van der Waals surface area contributed by atoms with Crippen molar-refractivity contribution in [2.75, 3.05) is 6.61 Å². The highest BCUT2D eigenvalue weighted by atomic mass is 16.3. The molecule has 4 N–H and O–H groups in total. The molecule has 4 fully saturated rings. The summed E-state index contributed by atoms with van der Waals surface area (Å²) < 4.78 is 0. The van der Waals surface area contributed by atoms with Crippen molar-refractivity contribution in [3.8, 4) is 0 Å². The molecular weight excluding hydrogens is 384 g/mol. The summed E-state index contributed by atoms with van der Waals surface area (Å²) in [5, 5.41) is 38.7. The zero-order valence-corrected chi connectivity index (χ0v) is 18.9. The van der Waals surface area contributed by atoms with Gasteiger partial charge in [0.1, 0.15) is 18.0 Å². The molecule has 4 rings (SSSR count). The molecule has 0 heterocycles. The molecule has 0 spiro atoms. The molecule has 4 aliphatic rings. The van der Waals surface area contributed by atoms with E-state index in [1.807, 2.05) is 6.92 Å². The lowest BCUT2D eigenvalue weighted by Gasteiger charge is -2.60. The third-order valence-corrected chi connectivity index (χ3v) is 9.08. The lowest BCUT2D eigenvalue weighted by molar-refractivity contribution is -0.180. The van der Waals surface area contributed by atoms with Gasteiger partial charge in [-0.15, -0.1) is 0 Å². The lowest BCUT2D eigenvalue weighted by atomic mass is 9.44. The molecule has 8 atom stereocenters. The summed E-state index contributed by atoms with van der Waals surface area (Å²) >= 11 is 0. The van der Waals surface area contributed by atoms with Crippen LogP contribution in [-0.4, -0.2) is 56.4 Å². The Labute approximate surface area is 180 Å². The van der Waals surface area contributed by atoms with Crippen molar-refractivity contribution >= 4 is 11.6 Å². The van der Waals surface area contributed by atoms with Gasteiger partial charge in [0.05, 0.1) is 6.10 Å². The van der Waals surface area contributed by atoms with Crippen LogP contribution in [0.4, 0.5) is 0 Å². The maximum absolute atomic E-state index is 13.4. The first-order chi connectivity index (χ1) is 13.9. The van der Waals surface area contributed by atoms with Crippen molar-refractivity contribution < 1.29 is 30.0 Å². The van der Waals surface area contributed by atoms with Gasteiger partial charge in [-0.25, -0.2) is 0 Å². The average Bonchev–Trinajstić information content (AvgIpc) is 2.92. The molecule has 172 valence electrons. The Kier molecular flexibility index (Phi) is 6.57. The Morgan fingerprint density at radius 2 is 1.77 bits per heavy atom. The molecule has 6 heteroatoms. The number of aliphatic hydroxyl groups is 4. The molecular formula is C24H40O6. The fourth-order valence-corrected chi connectivity index (χ4v) is 7.64. The van der Waals surface area contributed by atoms with Crippen LogP contribution in [0.5, 0.6) is 0 Å². The van der Waals surface area contributed by atoms with Crippen LogP contribution in [0.1, 0.15) is 79.1 Å². The third kappa shape index (κ3) is 3.58. The van der Waals surface area contributed by atoms with Crippen LogP contribution in [0.3, 0.4) is 0 Å². The number of Topliss-reactive ketones (excluding diaryl/α,β-unsaturated/α-hetero) is 2. The maximum atomic E-state index is 13.4. The molecule has 0 saturated heterocycles. The highest BCUT2D eigenvalue weighted by Gasteiger charge is 2.68. The molecule has 0 radical (unpaired) electrons. The molecule has 0 aliphatic heterocycles. The molecule has 0 unspecified atom stereocenters. The first-order valence-electron chi connectivity index (χ1n) is 11.7. The van der Waals surface area contributed by atoms with Gasteiger partial charge in [-0.3, -0.25) is 9.59 Å². The van der Waals surface area contributed by atoms with E-state index in [0.29, 0.717) is 12.3 Å². The van der Waals surface area contributed by atoms with E-state index >= 15 is 0 Å². The molecule has 4 saturated carbocycles. The number of carbonyl (C=O) groups excluding carboxylic acids is 2. The molecule has 4 aliphatic carbocycles. The van der Waals surface area contributed by atoms with Crippen molar-refractivity contribution in [1.29, 1.82) is 0 Å². The zero-order chi connectivity index (χ0) is 22.5. The summed E-state index contributed by atoms with van der Waals surface area (Å²) in [7, 11) is 0. The van der Waals surface area contributed by atoms with Crippen molar-refractivity contribution in [2.24, 2.45) is 34.5 Å². The highest BCUT2D eigenvalue weighted by molar-refractivity contribution is 5.92. The second-order valence-electron chi connectivity index (χ2n) is 11.1. The minimum absolute atomic E-state index is 0.0154. The Morgan fingerprint density at radius 3 is 2.37 bits per heavy atom. The van der Waals surface area contributed by atoms with E-state index in [0.717, 1.165) is 38.5 Å². The quantitative estimate of drug-likeness (QED) is 0.540. The van der Waals surface area contributed by atoms with Crippen molar-refractivity contribution in [1.82, 2.24) is 0 Å². The minimum Gasteiger partial charge on any atom is -0.394 e. The number of rotatable bonds is 2. The lowest BCUT2D eigenvalue weighted by Crippen LogP contribution is -2.62. The highest BCUT2D eigenvalue weighted by Crippen LogP contribution is 2.67. The molecule has 0 aromatic carbocycles. The SMILES string of the molecule is CC(C)O.C[C@]12CC[C@@H](O)C[C@H]1CC[C@@H]1[C@@H]2C(=O)C[C@@]2(C)[C@H]1CC[C@]2(O)C(=O)CO. The van der Waals surface area contributed by atoms with E-state index in [1.54, 1.807) is 13.8 Å². The molecule has 0 aromatic rings. The minimum atomic E-state index is -1.58. The fourth-order valence-electron chi connectivity index (χ4n) is 7.64. The Bertz CT molecular complexity index is 674. The molecule has 0 aromatic heterocycles. The monoisotopic (exact) mass is 424 g/mol. The maximum Gasteiger partial charge on any atom is 0.190 e. The predicted octanol–water partition coefficient (Wildman–Crippen LogP) is 2.25. The van der Waals surface area contributed by atoms with Gasteiger partial charge < -0.3 is 20.4 Å². The van der Waals surface area contributed by atoms with Crippen LogP contribution in [0.2, 0.25) is 0 Å². The molecule has 6 nitrogen and oxygen atoms in total. The number of hydrogen-bond acceptors (Lipinski definition) is 6. The van der Waals surface area contributed by atoms with Crippen LogP contribution in [-0.2, 0) is 9.59 Å². The third-order valence-electron chi connectivity index (χ3n) is 9.08. The van der Waals surface area contributed by atoms with Crippen LogP contribution in [0, 0.1) is 34.5 Å².